The smallest absolute Gasteiger partial charge is 0.254 e. The second-order valence-electron chi connectivity index (χ2n) is 5.63. The highest BCUT2D eigenvalue weighted by molar-refractivity contribution is 5.95. The lowest BCUT2D eigenvalue weighted by Crippen LogP contribution is -2.36. The number of nitrogen functional groups attached to an aromatic ring is 1. The zero-order valence-corrected chi connectivity index (χ0v) is 12.1. The maximum absolute atomic E-state index is 12.6. The summed E-state index contributed by atoms with van der Waals surface area (Å²) in [4.78, 5) is 14.5. The summed E-state index contributed by atoms with van der Waals surface area (Å²) in [5, 5.41) is 0. The minimum Gasteiger partial charge on any atom is -0.399 e. The van der Waals surface area contributed by atoms with Crippen LogP contribution in [0.3, 0.4) is 0 Å². The van der Waals surface area contributed by atoms with Crippen molar-refractivity contribution in [2.24, 2.45) is 5.92 Å². The van der Waals surface area contributed by atoms with Crippen LogP contribution >= 0.6 is 0 Å². The summed E-state index contributed by atoms with van der Waals surface area (Å²) in [7, 11) is 0. The van der Waals surface area contributed by atoms with Crippen LogP contribution in [0.25, 0.3) is 0 Å². The van der Waals surface area contributed by atoms with Gasteiger partial charge in [-0.2, -0.15) is 0 Å². The molecule has 3 nitrogen and oxygen atoms in total. The van der Waals surface area contributed by atoms with Gasteiger partial charge in [0.1, 0.15) is 0 Å². The molecule has 0 radical (unpaired) electrons. The highest BCUT2D eigenvalue weighted by Crippen LogP contribution is 2.25. The minimum absolute atomic E-state index is 0.0581. The summed E-state index contributed by atoms with van der Waals surface area (Å²) < 4.78 is 0. The fourth-order valence-electron chi connectivity index (χ4n) is 2.93. The highest BCUT2D eigenvalue weighted by Gasteiger charge is 2.21. The number of rotatable bonds is 5. The summed E-state index contributed by atoms with van der Waals surface area (Å²) >= 11 is 0. The number of hydrogen-bond donors (Lipinski definition) is 1. The maximum Gasteiger partial charge on any atom is 0.254 e. The Morgan fingerprint density at radius 3 is 2.75 bits per heavy atom. The molecule has 0 unspecified atom stereocenters. The quantitative estimate of drug-likeness (QED) is 0.659. The normalized spacial score (nSPS) is 15.8. The van der Waals surface area contributed by atoms with Gasteiger partial charge in [0.05, 0.1) is 0 Å². The first-order valence-electron chi connectivity index (χ1n) is 7.46. The third kappa shape index (κ3) is 3.86. The van der Waals surface area contributed by atoms with E-state index in [2.05, 4.69) is 6.58 Å². The summed E-state index contributed by atoms with van der Waals surface area (Å²) in [6, 6.07) is 7.21. The summed E-state index contributed by atoms with van der Waals surface area (Å²) in [6.07, 6.45) is 8.18. The Bertz CT molecular complexity index is 464. The number of amides is 1. The van der Waals surface area contributed by atoms with E-state index in [9.17, 15) is 4.79 Å². The van der Waals surface area contributed by atoms with Gasteiger partial charge in [-0.05, 0) is 37.0 Å². The van der Waals surface area contributed by atoms with Crippen molar-refractivity contribution >= 4 is 11.6 Å². The van der Waals surface area contributed by atoms with Crippen LogP contribution in [-0.2, 0) is 0 Å². The van der Waals surface area contributed by atoms with Crippen LogP contribution in [0.1, 0.15) is 42.5 Å². The topological polar surface area (TPSA) is 46.3 Å². The molecule has 1 saturated carbocycles. The molecule has 1 fully saturated rings. The largest absolute Gasteiger partial charge is 0.399 e. The molecular weight excluding hydrogens is 248 g/mol. The third-order valence-corrected chi connectivity index (χ3v) is 3.97. The fourth-order valence-corrected chi connectivity index (χ4v) is 2.93. The Hall–Kier alpha value is -1.77. The molecule has 20 heavy (non-hydrogen) atoms. The summed E-state index contributed by atoms with van der Waals surface area (Å²) in [5.41, 5.74) is 7.06. The Balaban J connectivity index is 2.06. The molecule has 0 aromatic heterocycles. The van der Waals surface area contributed by atoms with Gasteiger partial charge >= 0.3 is 0 Å². The molecule has 0 heterocycles. The number of anilines is 1. The van der Waals surface area contributed by atoms with Gasteiger partial charge in [0, 0.05) is 24.3 Å². The van der Waals surface area contributed by atoms with E-state index in [0.29, 0.717) is 23.7 Å². The van der Waals surface area contributed by atoms with E-state index in [1.807, 2.05) is 17.0 Å². The van der Waals surface area contributed by atoms with Crippen LogP contribution in [0.5, 0.6) is 0 Å². The Morgan fingerprint density at radius 2 is 2.10 bits per heavy atom. The minimum atomic E-state index is 0.0581. The van der Waals surface area contributed by atoms with Gasteiger partial charge in [-0.3, -0.25) is 4.79 Å². The molecule has 1 aliphatic carbocycles. The molecule has 1 aromatic carbocycles. The monoisotopic (exact) mass is 272 g/mol. The molecule has 0 aliphatic heterocycles. The first-order chi connectivity index (χ1) is 9.70. The first kappa shape index (κ1) is 14.6. The van der Waals surface area contributed by atoms with Gasteiger partial charge in [0.2, 0.25) is 0 Å². The third-order valence-electron chi connectivity index (χ3n) is 3.97. The second kappa shape index (κ2) is 7.13. The van der Waals surface area contributed by atoms with Gasteiger partial charge < -0.3 is 10.6 Å². The number of carbonyl (C=O) groups is 1. The van der Waals surface area contributed by atoms with Crippen molar-refractivity contribution in [3.8, 4) is 0 Å². The number of carbonyl (C=O) groups excluding carboxylic acids is 1. The van der Waals surface area contributed by atoms with Crippen LogP contribution in [-0.4, -0.2) is 23.9 Å². The zero-order chi connectivity index (χ0) is 14.4. The van der Waals surface area contributed by atoms with Crippen LogP contribution in [0, 0.1) is 5.92 Å². The van der Waals surface area contributed by atoms with E-state index in [1.54, 1.807) is 18.2 Å². The van der Waals surface area contributed by atoms with Crippen LogP contribution in [0.2, 0.25) is 0 Å². The van der Waals surface area contributed by atoms with Crippen molar-refractivity contribution < 1.29 is 4.79 Å². The molecule has 1 amide bonds. The van der Waals surface area contributed by atoms with Gasteiger partial charge in [-0.15, -0.1) is 6.58 Å². The Labute approximate surface area is 121 Å². The lowest BCUT2D eigenvalue weighted by molar-refractivity contribution is 0.0735. The van der Waals surface area contributed by atoms with Crippen LogP contribution in [0.4, 0.5) is 5.69 Å². The van der Waals surface area contributed by atoms with Crippen molar-refractivity contribution in [2.75, 3.05) is 18.8 Å². The predicted octanol–water partition coefficient (Wildman–Crippen LogP) is 3.48. The fraction of sp³-hybridized carbons (Fsp3) is 0.471. The van der Waals surface area contributed by atoms with Gasteiger partial charge in [0.15, 0.2) is 0 Å². The molecule has 3 heteroatoms. The number of nitrogens with two attached hydrogens (primary N) is 1. The van der Waals surface area contributed by atoms with Crippen molar-refractivity contribution in [1.82, 2.24) is 4.90 Å². The number of hydrogen-bond acceptors (Lipinski definition) is 2. The molecule has 2 N–H and O–H groups in total. The van der Waals surface area contributed by atoms with Gasteiger partial charge in [-0.1, -0.05) is 31.4 Å². The standard InChI is InChI=1S/C17H24N2O/c1-2-11-19(13-14-7-4-3-5-8-14)17(20)15-9-6-10-16(18)12-15/h2,6,9-10,12,14H,1,3-5,7-8,11,13,18H2. The van der Waals surface area contributed by atoms with Crippen molar-refractivity contribution in [3.05, 3.63) is 42.5 Å². The van der Waals surface area contributed by atoms with Gasteiger partial charge in [-0.25, -0.2) is 0 Å². The Morgan fingerprint density at radius 1 is 1.35 bits per heavy atom. The van der Waals surface area contributed by atoms with Crippen molar-refractivity contribution in [3.63, 3.8) is 0 Å². The summed E-state index contributed by atoms with van der Waals surface area (Å²) in [6.45, 7) is 5.20. The molecule has 108 valence electrons. The average Bonchev–Trinajstić information content (AvgIpc) is 2.47. The molecular formula is C17H24N2O. The second-order valence-corrected chi connectivity index (χ2v) is 5.63. The average molecular weight is 272 g/mol. The van der Waals surface area contributed by atoms with Gasteiger partial charge in [0.25, 0.3) is 5.91 Å². The summed E-state index contributed by atoms with van der Waals surface area (Å²) in [5.74, 6) is 0.691. The lowest BCUT2D eigenvalue weighted by Gasteiger charge is -2.29. The first-order valence-corrected chi connectivity index (χ1v) is 7.46. The van der Waals surface area contributed by atoms with E-state index in [4.69, 9.17) is 5.73 Å². The predicted molar refractivity (Wildman–Crippen MR) is 83.5 cm³/mol. The number of benzene rings is 1. The van der Waals surface area contributed by atoms with E-state index in [0.717, 1.165) is 6.54 Å². The van der Waals surface area contributed by atoms with Crippen molar-refractivity contribution in [1.29, 1.82) is 0 Å². The highest BCUT2D eigenvalue weighted by atomic mass is 16.2. The molecule has 2 rings (SSSR count). The van der Waals surface area contributed by atoms with Crippen LogP contribution in [0.15, 0.2) is 36.9 Å². The lowest BCUT2D eigenvalue weighted by atomic mass is 9.89. The van der Waals surface area contributed by atoms with Crippen molar-refractivity contribution in [2.45, 2.75) is 32.1 Å². The molecule has 0 saturated heterocycles. The van der Waals surface area contributed by atoms with Crippen LogP contribution < -0.4 is 5.73 Å². The van der Waals surface area contributed by atoms with E-state index >= 15 is 0 Å². The van der Waals surface area contributed by atoms with E-state index in [-0.39, 0.29) is 5.91 Å². The molecule has 0 atom stereocenters. The van der Waals surface area contributed by atoms with E-state index < -0.39 is 0 Å². The zero-order valence-electron chi connectivity index (χ0n) is 12.1. The SMILES string of the molecule is C=CCN(CC1CCCCC1)C(=O)c1cccc(N)c1. The maximum atomic E-state index is 12.6. The molecule has 1 aliphatic rings. The molecule has 1 aromatic rings. The molecule has 0 bridgehead atoms. The van der Waals surface area contributed by atoms with E-state index in [1.165, 1.54) is 32.1 Å². The molecule has 0 spiro atoms. The number of nitrogens with zero attached hydrogens (tertiary/aromatic N) is 1. The Kier molecular flexibility index (Phi) is 5.22.